The van der Waals surface area contributed by atoms with Gasteiger partial charge in [-0.15, -0.1) is 24.0 Å². The van der Waals surface area contributed by atoms with Crippen LogP contribution in [0.25, 0.3) is 0 Å². The highest BCUT2D eigenvalue weighted by Gasteiger charge is 2.18. The Balaban J connectivity index is 0.00000420. The lowest BCUT2D eigenvalue weighted by atomic mass is 10.2. The van der Waals surface area contributed by atoms with Gasteiger partial charge in [0.15, 0.2) is 5.96 Å². The zero-order valence-electron chi connectivity index (χ0n) is 17.1. The van der Waals surface area contributed by atoms with Crippen LogP contribution in [0.3, 0.4) is 0 Å². The van der Waals surface area contributed by atoms with Gasteiger partial charge in [0, 0.05) is 66.8 Å². The van der Waals surface area contributed by atoms with Crippen molar-refractivity contribution in [3.05, 3.63) is 29.8 Å². The molecule has 0 bridgehead atoms. The van der Waals surface area contributed by atoms with E-state index in [0.29, 0.717) is 6.54 Å². The molecular formula is C19H30F2IN5O2. The first-order chi connectivity index (χ1) is 13.4. The number of piperazine rings is 1. The van der Waals surface area contributed by atoms with E-state index in [4.69, 9.17) is 0 Å². The first kappa shape index (κ1) is 25.3. The lowest BCUT2D eigenvalue weighted by Gasteiger charge is -2.34. The number of carbonyl (C=O) groups excluding carboxylic acids is 1. The van der Waals surface area contributed by atoms with Crippen molar-refractivity contribution in [2.45, 2.75) is 20.1 Å². The third-order valence-corrected chi connectivity index (χ3v) is 4.67. The number of rotatable bonds is 7. The van der Waals surface area contributed by atoms with E-state index in [2.05, 4.69) is 19.9 Å². The number of alkyl halides is 2. The molecule has 29 heavy (non-hydrogen) atoms. The van der Waals surface area contributed by atoms with E-state index in [1.165, 1.54) is 12.1 Å². The molecule has 1 aromatic rings. The zero-order valence-corrected chi connectivity index (χ0v) is 19.4. The average molecular weight is 525 g/mol. The molecule has 1 fully saturated rings. The second-order valence-electron chi connectivity index (χ2n) is 6.70. The Hall–Kier alpha value is -1.69. The van der Waals surface area contributed by atoms with E-state index in [0.717, 1.165) is 50.8 Å². The van der Waals surface area contributed by atoms with Gasteiger partial charge in [-0.1, -0.05) is 12.1 Å². The van der Waals surface area contributed by atoms with Gasteiger partial charge in [0.05, 0.1) is 0 Å². The van der Waals surface area contributed by atoms with E-state index < -0.39 is 6.61 Å². The van der Waals surface area contributed by atoms with Crippen molar-refractivity contribution in [3.63, 3.8) is 0 Å². The minimum Gasteiger partial charge on any atom is -0.435 e. The number of nitrogens with one attached hydrogen (secondary N) is 1. The second kappa shape index (κ2) is 12.8. The average Bonchev–Trinajstić information content (AvgIpc) is 2.66. The minimum atomic E-state index is -2.82. The van der Waals surface area contributed by atoms with E-state index in [9.17, 15) is 13.6 Å². The van der Waals surface area contributed by atoms with Crippen molar-refractivity contribution in [2.24, 2.45) is 4.99 Å². The molecule has 1 amide bonds. The molecule has 0 atom stereocenters. The quantitative estimate of drug-likeness (QED) is 0.336. The molecule has 0 aliphatic carbocycles. The number of ether oxygens (including phenoxy) is 1. The summed E-state index contributed by atoms with van der Waals surface area (Å²) < 4.78 is 28.8. The second-order valence-corrected chi connectivity index (χ2v) is 6.70. The third kappa shape index (κ3) is 8.69. The van der Waals surface area contributed by atoms with E-state index in [-0.39, 0.29) is 35.6 Å². The van der Waals surface area contributed by atoms with Crippen molar-refractivity contribution in [2.75, 3.05) is 53.4 Å². The van der Waals surface area contributed by atoms with E-state index in [1.807, 2.05) is 16.8 Å². The van der Waals surface area contributed by atoms with Crippen LogP contribution in [0.1, 0.15) is 12.5 Å². The fraction of sp³-hybridized carbons (Fsp3) is 0.579. The minimum absolute atomic E-state index is 0. The molecule has 1 saturated heterocycles. The van der Waals surface area contributed by atoms with Gasteiger partial charge >= 0.3 is 6.61 Å². The maximum absolute atomic E-state index is 12.2. The summed E-state index contributed by atoms with van der Waals surface area (Å²) in [6, 6.07) is 6.59. The van der Waals surface area contributed by atoms with Crippen LogP contribution in [0.5, 0.6) is 5.75 Å². The first-order valence-corrected chi connectivity index (χ1v) is 9.32. The smallest absolute Gasteiger partial charge is 0.387 e. The topological polar surface area (TPSA) is 60.4 Å². The molecule has 7 nitrogen and oxygen atoms in total. The predicted molar refractivity (Wildman–Crippen MR) is 120 cm³/mol. The maximum atomic E-state index is 12.2. The Kier molecular flexibility index (Phi) is 11.2. The zero-order chi connectivity index (χ0) is 20.5. The molecule has 1 aliphatic rings. The molecule has 1 aromatic carbocycles. The van der Waals surface area contributed by atoms with Gasteiger partial charge in [0.2, 0.25) is 5.91 Å². The summed E-state index contributed by atoms with van der Waals surface area (Å²) in [4.78, 5) is 21.8. The Morgan fingerprint density at radius 1 is 1.24 bits per heavy atom. The molecule has 0 saturated carbocycles. The molecule has 0 spiro atoms. The van der Waals surface area contributed by atoms with Crippen molar-refractivity contribution >= 4 is 35.8 Å². The summed E-state index contributed by atoms with van der Waals surface area (Å²) in [5.41, 5.74) is 0.965. The van der Waals surface area contributed by atoms with Crippen molar-refractivity contribution in [1.82, 2.24) is 20.0 Å². The van der Waals surface area contributed by atoms with E-state index >= 15 is 0 Å². The highest BCUT2D eigenvalue weighted by atomic mass is 127. The van der Waals surface area contributed by atoms with Crippen LogP contribution in [-0.2, 0) is 11.3 Å². The number of hydrogen-bond acceptors (Lipinski definition) is 4. The fourth-order valence-corrected chi connectivity index (χ4v) is 3.12. The number of aliphatic imine (C=N–C) groups is 1. The van der Waals surface area contributed by atoms with Gasteiger partial charge in [-0.3, -0.25) is 14.7 Å². The Morgan fingerprint density at radius 3 is 2.38 bits per heavy atom. The summed E-state index contributed by atoms with van der Waals surface area (Å²) >= 11 is 0. The number of halogens is 3. The maximum Gasteiger partial charge on any atom is 0.387 e. The number of hydrogen-bond donors (Lipinski definition) is 1. The molecule has 0 radical (unpaired) electrons. The van der Waals surface area contributed by atoms with Crippen molar-refractivity contribution in [3.8, 4) is 5.75 Å². The molecule has 0 aromatic heterocycles. The van der Waals surface area contributed by atoms with Gasteiger partial charge in [-0.05, 0) is 17.7 Å². The normalized spacial score (nSPS) is 15.1. The highest BCUT2D eigenvalue weighted by molar-refractivity contribution is 14.0. The third-order valence-electron chi connectivity index (χ3n) is 4.67. The van der Waals surface area contributed by atoms with Crippen LogP contribution >= 0.6 is 24.0 Å². The van der Waals surface area contributed by atoms with Gasteiger partial charge in [0.25, 0.3) is 0 Å². The van der Waals surface area contributed by atoms with E-state index in [1.54, 1.807) is 26.1 Å². The molecule has 0 unspecified atom stereocenters. The predicted octanol–water partition coefficient (Wildman–Crippen LogP) is 2.08. The van der Waals surface area contributed by atoms with Crippen LogP contribution in [0, 0.1) is 0 Å². The summed E-state index contributed by atoms with van der Waals surface area (Å²) in [5, 5.41) is 3.34. The largest absolute Gasteiger partial charge is 0.435 e. The van der Waals surface area contributed by atoms with Crippen LogP contribution in [-0.4, -0.2) is 86.5 Å². The molecule has 1 aliphatic heterocycles. The number of guanidine groups is 1. The Bertz CT molecular complexity index is 653. The summed E-state index contributed by atoms with van der Waals surface area (Å²) in [6.07, 6.45) is 0. The van der Waals surface area contributed by atoms with Crippen LogP contribution in [0.2, 0.25) is 0 Å². The standard InChI is InChI=1S/C19H29F2N5O2.HI/c1-15(27)26-12-10-25(11-13-26)9-8-23-19(22-2)24(3)14-16-4-6-17(7-5-16)28-18(20)21;/h4-7,18H,8-14H2,1-3H3,(H,22,23);1H. The Labute approximate surface area is 188 Å². The molecule has 164 valence electrons. The number of amides is 1. The monoisotopic (exact) mass is 525 g/mol. The summed E-state index contributed by atoms with van der Waals surface area (Å²) in [6.45, 7) is 4.30. The number of carbonyl (C=O) groups is 1. The lowest BCUT2D eigenvalue weighted by Crippen LogP contribution is -2.50. The van der Waals surface area contributed by atoms with Gasteiger partial charge in [-0.2, -0.15) is 8.78 Å². The van der Waals surface area contributed by atoms with Gasteiger partial charge in [-0.25, -0.2) is 0 Å². The van der Waals surface area contributed by atoms with Gasteiger partial charge in [0.1, 0.15) is 5.75 Å². The van der Waals surface area contributed by atoms with Crippen LogP contribution in [0.15, 0.2) is 29.3 Å². The van der Waals surface area contributed by atoms with Crippen LogP contribution in [0.4, 0.5) is 8.78 Å². The molecule has 1 N–H and O–H groups in total. The van der Waals surface area contributed by atoms with Crippen LogP contribution < -0.4 is 10.1 Å². The summed E-state index contributed by atoms with van der Waals surface area (Å²) in [7, 11) is 3.65. The number of nitrogens with zero attached hydrogens (tertiary/aromatic N) is 4. The lowest BCUT2D eigenvalue weighted by molar-refractivity contribution is -0.130. The highest BCUT2D eigenvalue weighted by Crippen LogP contribution is 2.15. The molecule has 10 heteroatoms. The van der Waals surface area contributed by atoms with Gasteiger partial charge < -0.3 is 19.9 Å². The number of benzene rings is 1. The Morgan fingerprint density at radius 2 is 1.86 bits per heavy atom. The molecule has 2 rings (SSSR count). The summed E-state index contributed by atoms with van der Waals surface area (Å²) in [5.74, 6) is 1.04. The first-order valence-electron chi connectivity index (χ1n) is 9.32. The van der Waals surface area contributed by atoms with Crippen molar-refractivity contribution < 1.29 is 18.3 Å². The SMILES string of the molecule is CN=C(NCCN1CCN(C(C)=O)CC1)N(C)Cc1ccc(OC(F)F)cc1.I. The van der Waals surface area contributed by atoms with Crippen molar-refractivity contribution in [1.29, 1.82) is 0 Å². The molecular weight excluding hydrogens is 495 g/mol. The fourth-order valence-electron chi connectivity index (χ4n) is 3.12. The molecule has 1 heterocycles.